The van der Waals surface area contributed by atoms with Gasteiger partial charge in [0.05, 0.1) is 29.0 Å². The molecule has 3 aromatic carbocycles. The Balaban J connectivity index is 1.38. The maximum absolute atomic E-state index is 13.8. The van der Waals surface area contributed by atoms with Crippen LogP contribution in [0.3, 0.4) is 0 Å². The summed E-state index contributed by atoms with van der Waals surface area (Å²) in [5.41, 5.74) is 4.38. The molecule has 1 amide bonds. The molecule has 0 unspecified atom stereocenters. The number of carbonyl (C=O) groups excluding carboxylic acids is 1. The second-order valence-electron chi connectivity index (χ2n) is 9.63. The molecule has 4 aromatic rings. The summed E-state index contributed by atoms with van der Waals surface area (Å²) < 4.78 is 1.36. The number of halogens is 2. The van der Waals surface area contributed by atoms with Crippen molar-refractivity contribution in [3.8, 4) is 0 Å². The van der Waals surface area contributed by atoms with Gasteiger partial charge in [0.15, 0.2) is 0 Å². The normalized spacial score (nSPS) is 20.0. The van der Waals surface area contributed by atoms with Crippen LogP contribution in [-0.4, -0.2) is 26.2 Å². The number of benzene rings is 3. The van der Waals surface area contributed by atoms with Crippen LogP contribution in [0, 0.1) is 5.92 Å². The summed E-state index contributed by atoms with van der Waals surface area (Å²) in [4.78, 5) is 31.2. The van der Waals surface area contributed by atoms with Gasteiger partial charge >= 0.3 is 0 Å². The number of carbonyl (C=O) groups is 1. The van der Waals surface area contributed by atoms with Crippen molar-refractivity contribution in [2.75, 3.05) is 0 Å². The third-order valence-corrected chi connectivity index (χ3v) is 7.72. The van der Waals surface area contributed by atoms with Crippen molar-refractivity contribution < 1.29 is 4.79 Å². The molecule has 1 fully saturated rings. The average molecular weight is 543 g/mol. The SMILES string of the molecule is O=C(Cn1cnc2ccccc2c1=O)N1N=C2/C(=C\c3ccc(Cl)cc3)CCC[C@@H]2[C@@H]1c1ccc(Cl)cc1. The van der Waals surface area contributed by atoms with Gasteiger partial charge in [0.25, 0.3) is 11.5 Å². The monoisotopic (exact) mass is 542 g/mol. The van der Waals surface area contributed by atoms with Crippen LogP contribution in [0.15, 0.2) is 94.6 Å². The van der Waals surface area contributed by atoms with Crippen LogP contribution in [-0.2, 0) is 11.3 Å². The van der Waals surface area contributed by atoms with E-state index in [2.05, 4.69) is 11.1 Å². The van der Waals surface area contributed by atoms with Crippen molar-refractivity contribution in [3.63, 3.8) is 0 Å². The van der Waals surface area contributed by atoms with E-state index in [1.165, 1.54) is 10.9 Å². The topological polar surface area (TPSA) is 67.6 Å². The van der Waals surface area contributed by atoms with E-state index in [-0.39, 0.29) is 30.0 Å². The van der Waals surface area contributed by atoms with E-state index in [0.717, 1.165) is 41.7 Å². The van der Waals surface area contributed by atoms with E-state index in [9.17, 15) is 9.59 Å². The van der Waals surface area contributed by atoms with E-state index in [1.54, 1.807) is 23.2 Å². The van der Waals surface area contributed by atoms with Gasteiger partial charge in [0, 0.05) is 16.0 Å². The molecule has 1 aliphatic heterocycles. The van der Waals surface area contributed by atoms with Crippen LogP contribution >= 0.6 is 23.2 Å². The highest BCUT2D eigenvalue weighted by Crippen LogP contribution is 2.44. The molecule has 38 heavy (non-hydrogen) atoms. The molecule has 1 aromatic heterocycles. The van der Waals surface area contributed by atoms with Gasteiger partial charge in [-0.1, -0.05) is 59.6 Å². The van der Waals surface area contributed by atoms with Crippen molar-refractivity contribution in [2.24, 2.45) is 11.0 Å². The fraction of sp³-hybridized carbons (Fsp3) is 0.200. The lowest BCUT2D eigenvalue weighted by Gasteiger charge is -2.29. The van der Waals surface area contributed by atoms with Gasteiger partial charge in [-0.25, -0.2) is 9.99 Å². The minimum Gasteiger partial charge on any atom is -0.289 e. The molecular formula is C30H24Cl2N4O2. The quantitative estimate of drug-likeness (QED) is 0.294. The van der Waals surface area contributed by atoms with Crippen LogP contribution < -0.4 is 5.56 Å². The molecule has 190 valence electrons. The first-order chi connectivity index (χ1) is 18.5. The fourth-order valence-electron chi connectivity index (χ4n) is 5.40. The summed E-state index contributed by atoms with van der Waals surface area (Å²) in [6.07, 6.45) is 6.34. The van der Waals surface area contributed by atoms with Crippen molar-refractivity contribution in [1.29, 1.82) is 0 Å². The third-order valence-electron chi connectivity index (χ3n) is 7.22. The van der Waals surface area contributed by atoms with Gasteiger partial charge in [-0.3, -0.25) is 14.2 Å². The number of fused-ring (bicyclic) bond motifs is 2. The number of amides is 1. The Bertz CT molecular complexity index is 1640. The molecule has 0 N–H and O–H groups in total. The molecule has 2 atom stereocenters. The summed E-state index contributed by atoms with van der Waals surface area (Å²) in [7, 11) is 0. The lowest BCUT2D eigenvalue weighted by molar-refractivity contribution is -0.134. The zero-order valence-corrected chi connectivity index (χ0v) is 21.9. The molecule has 0 saturated heterocycles. The van der Waals surface area contributed by atoms with Crippen LogP contribution in [0.5, 0.6) is 0 Å². The fourth-order valence-corrected chi connectivity index (χ4v) is 5.65. The lowest BCUT2D eigenvalue weighted by Crippen LogP contribution is -2.36. The number of hydrogen-bond donors (Lipinski definition) is 0. The molecule has 1 aliphatic carbocycles. The molecule has 6 rings (SSSR count). The van der Waals surface area contributed by atoms with E-state index in [4.69, 9.17) is 28.3 Å². The molecular weight excluding hydrogens is 519 g/mol. The maximum Gasteiger partial charge on any atom is 0.263 e. The number of nitrogens with zero attached hydrogens (tertiary/aromatic N) is 4. The Morgan fingerprint density at radius 2 is 1.68 bits per heavy atom. The first kappa shape index (κ1) is 24.6. The zero-order chi connectivity index (χ0) is 26.2. The predicted molar refractivity (Wildman–Crippen MR) is 151 cm³/mol. The smallest absolute Gasteiger partial charge is 0.263 e. The second kappa shape index (κ2) is 10.2. The molecule has 2 heterocycles. The van der Waals surface area contributed by atoms with Crippen LogP contribution in [0.1, 0.15) is 36.4 Å². The molecule has 0 bridgehead atoms. The zero-order valence-electron chi connectivity index (χ0n) is 20.4. The minimum atomic E-state index is -0.284. The molecule has 0 spiro atoms. The van der Waals surface area contributed by atoms with Gasteiger partial charge in [-0.15, -0.1) is 0 Å². The van der Waals surface area contributed by atoms with E-state index in [0.29, 0.717) is 20.9 Å². The average Bonchev–Trinajstić information content (AvgIpc) is 3.33. The van der Waals surface area contributed by atoms with Crippen molar-refractivity contribution in [1.82, 2.24) is 14.6 Å². The van der Waals surface area contributed by atoms with Crippen LogP contribution in [0.2, 0.25) is 10.0 Å². The molecule has 1 saturated carbocycles. The van der Waals surface area contributed by atoms with Crippen LogP contribution in [0.25, 0.3) is 17.0 Å². The van der Waals surface area contributed by atoms with Gasteiger partial charge in [0.2, 0.25) is 0 Å². The molecule has 2 aliphatic rings. The highest BCUT2D eigenvalue weighted by molar-refractivity contribution is 6.30. The number of aromatic nitrogens is 2. The van der Waals surface area contributed by atoms with Gasteiger partial charge < -0.3 is 0 Å². The van der Waals surface area contributed by atoms with Gasteiger partial charge in [-0.2, -0.15) is 5.10 Å². The number of allylic oxidation sites excluding steroid dienone is 1. The van der Waals surface area contributed by atoms with Gasteiger partial charge in [0.1, 0.15) is 6.54 Å². The Kier molecular flexibility index (Phi) is 6.60. The summed E-state index contributed by atoms with van der Waals surface area (Å²) >= 11 is 12.3. The summed E-state index contributed by atoms with van der Waals surface area (Å²) in [5.74, 6) is -0.226. The van der Waals surface area contributed by atoms with E-state index < -0.39 is 0 Å². The maximum atomic E-state index is 13.8. The molecule has 6 nitrogen and oxygen atoms in total. The summed E-state index contributed by atoms with van der Waals surface area (Å²) in [5, 5.41) is 8.27. The highest BCUT2D eigenvalue weighted by Gasteiger charge is 2.43. The Labute approximate surface area is 229 Å². The van der Waals surface area contributed by atoms with Crippen molar-refractivity contribution in [3.05, 3.63) is 116 Å². The largest absolute Gasteiger partial charge is 0.289 e. The van der Waals surface area contributed by atoms with Crippen LogP contribution in [0.4, 0.5) is 0 Å². The number of hydrazone groups is 1. The first-order valence-electron chi connectivity index (χ1n) is 12.5. The standard InChI is InChI=1S/C30H24Cl2N4O2/c31-22-12-8-19(9-13-22)16-21-4-3-6-25-28(21)34-36(29(25)20-10-14-23(32)15-11-20)27(37)17-35-18-33-26-7-2-1-5-24(26)30(35)38/h1-2,5,7-16,18,25,29H,3-4,6,17H2/b21-16-/t25-,29-/m0/s1. The lowest BCUT2D eigenvalue weighted by atomic mass is 9.77. The third kappa shape index (κ3) is 4.66. The second-order valence-corrected chi connectivity index (χ2v) is 10.5. The van der Waals surface area contributed by atoms with E-state index >= 15 is 0 Å². The summed E-state index contributed by atoms with van der Waals surface area (Å²) in [6, 6.07) is 22.1. The minimum absolute atomic E-state index is 0.0406. The number of para-hydroxylation sites is 1. The Hall–Kier alpha value is -3.74. The number of hydrogen-bond acceptors (Lipinski definition) is 4. The van der Waals surface area contributed by atoms with E-state index in [1.807, 2.05) is 54.6 Å². The predicted octanol–water partition coefficient (Wildman–Crippen LogP) is 6.53. The Morgan fingerprint density at radius 1 is 0.974 bits per heavy atom. The number of rotatable bonds is 4. The Morgan fingerprint density at radius 3 is 2.45 bits per heavy atom. The van der Waals surface area contributed by atoms with Crippen molar-refractivity contribution >= 4 is 51.8 Å². The summed E-state index contributed by atoms with van der Waals surface area (Å²) in [6.45, 7) is -0.152. The molecule has 0 radical (unpaired) electrons. The van der Waals surface area contributed by atoms with Crippen molar-refractivity contribution in [2.45, 2.75) is 31.8 Å². The highest BCUT2D eigenvalue weighted by atomic mass is 35.5. The molecule has 8 heteroatoms. The first-order valence-corrected chi connectivity index (χ1v) is 13.3. The van der Waals surface area contributed by atoms with Gasteiger partial charge in [-0.05, 0) is 78.4 Å².